The molecule has 0 aliphatic carbocycles. The van der Waals surface area contributed by atoms with Gasteiger partial charge in [0.15, 0.2) is 11.6 Å². The fourth-order valence-electron chi connectivity index (χ4n) is 1.79. The summed E-state index contributed by atoms with van der Waals surface area (Å²) in [6.45, 7) is 3.63. The highest BCUT2D eigenvalue weighted by Gasteiger charge is 2.09. The largest absolute Gasteiger partial charge is 0.497 e. The molecule has 0 bridgehead atoms. The molecule has 1 aromatic carbocycles. The van der Waals surface area contributed by atoms with Crippen LogP contribution in [0.5, 0.6) is 11.5 Å². The summed E-state index contributed by atoms with van der Waals surface area (Å²) in [5, 5.41) is 13.8. The van der Waals surface area contributed by atoms with Gasteiger partial charge in [-0.3, -0.25) is 4.79 Å². The Morgan fingerprint density at radius 3 is 2.30 bits per heavy atom. The molecule has 0 spiro atoms. The molecule has 2 N–H and O–H groups in total. The van der Waals surface area contributed by atoms with E-state index in [0.717, 1.165) is 0 Å². The summed E-state index contributed by atoms with van der Waals surface area (Å²) in [6.07, 6.45) is 0. The van der Waals surface area contributed by atoms with E-state index in [2.05, 4.69) is 20.8 Å². The molecule has 0 unspecified atom stereocenters. The number of amides is 1. The second-order valence-corrected chi connectivity index (χ2v) is 5.14. The number of methoxy groups -OCH3 is 2. The third kappa shape index (κ3) is 4.32. The average molecular weight is 316 g/mol. The Bertz CT molecular complexity index is 672. The fraction of sp³-hybridized carbons (Fsp3) is 0.312. The van der Waals surface area contributed by atoms with Crippen molar-refractivity contribution in [1.29, 1.82) is 0 Å². The van der Waals surface area contributed by atoms with Gasteiger partial charge in [0, 0.05) is 12.0 Å². The Labute approximate surface area is 135 Å². The van der Waals surface area contributed by atoms with Gasteiger partial charge in [-0.25, -0.2) is 0 Å². The highest BCUT2D eigenvalue weighted by molar-refractivity contribution is 5.91. The first-order valence-corrected chi connectivity index (χ1v) is 7.17. The van der Waals surface area contributed by atoms with Gasteiger partial charge in [-0.05, 0) is 24.3 Å². The zero-order chi connectivity index (χ0) is 16.8. The van der Waals surface area contributed by atoms with E-state index in [0.29, 0.717) is 28.8 Å². The van der Waals surface area contributed by atoms with Crippen molar-refractivity contribution in [1.82, 2.24) is 10.2 Å². The topological polar surface area (TPSA) is 85.4 Å². The van der Waals surface area contributed by atoms with E-state index in [1.54, 1.807) is 44.6 Å². The molecule has 23 heavy (non-hydrogen) atoms. The minimum atomic E-state index is -0.115. The predicted octanol–water partition coefficient (Wildman–Crippen LogP) is 2.83. The van der Waals surface area contributed by atoms with E-state index in [9.17, 15) is 4.79 Å². The van der Waals surface area contributed by atoms with E-state index in [1.165, 1.54) is 0 Å². The summed E-state index contributed by atoms with van der Waals surface area (Å²) in [6, 6.07) is 8.81. The van der Waals surface area contributed by atoms with Crippen LogP contribution >= 0.6 is 0 Å². The number of hydrogen-bond donors (Lipinski definition) is 2. The molecule has 0 fully saturated rings. The number of carbonyl (C=O) groups is 1. The first kappa shape index (κ1) is 16.5. The van der Waals surface area contributed by atoms with E-state index in [4.69, 9.17) is 9.47 Å². The lowest BCUT2D eigenvalue weighted by Crippen LogP contribution is -2.18. The number of benzene rings is 1. The average Bonchev–Trinajstić information content (AvgIpc) is 2.56. The standard InChI is InChI=1S/C16H20N4O3/c1-10(2)16(21)18-15-8-7-14(19-20-15)17-12-9-11(22-3)5-6-13(12)23-4/h5-10H,1-4H3,(H,17,19)(H,18,20,21). The van der Waals surface area contributed by atoms with Crippen LogP contribution in [0.15, 0.2) is 30.3 Å². The molecule has 2 rings (SSSR count). The quantitative estimate of drug-likeness (QED) is 0.852. The number of anilines is 3. The lowest BCUT2D eigenvalue weighted by Gasteiger charge is -2.12. The molecule has 0 radical (unpaired) electrons. The molecule has 122 valence electrons. The maximum Gasteiger partial charge on any atom is 0.228 e. The summed E-state index contributed by atoms with van der Waals surface area (Å²) in [4.78, 5) is 11.6. The SMILES string of the molecule is COc1ccc(OC)c(Nc2ccc(NC(=O)C(C)C)nn2)c1. The molecule has 0 saturated heterocycles. The van der Waals surface area contributed by atoms with Gasteiger partial charge in [0.1, 0.15) is 11.5 Å². The van der Waals surface area contributed by atoms with Crippen LogP contribution in [0.25, 0.3) is 0 Å². The van der Waals surface area contributed by atoms with Gasteiger partial charge in [0.25, 0.3) is 0 Å². The van der Waals surface area contributed by atoms with Crippen molar-refractivity contribution in [2.45, 2.75) is 13.8 Å². The normalized spacial score (nSPS) is 10.3. The zero-order valence-electron chi connectivity index (χ0n) is 13.6. The first-order valence-electron chi connectivity index (χ1n) is 7.17. The van der Waals surface area contributed by atoms with E-state index in [-0.39, 0.29) is 11.8 Å². The van der Waals surface area contributed by atoms with E-state index >= 15 is 0 Å². The Morgan fingerprint density at radius 2 is 1.74 bits per heavy atom. The van der Waals surface area contributed by atoms with Crippen molar-refractivity contribution in [2.24, 2.45) is 5.92 Å². The maximum absolute atomic E-state index is 11.6. The monoisotopic (exact) mass is 316 g/mol. The number of nitrogens with zero attached hydrogens (tertiary/aromatic N) is 2. The van der Waals surface area contributed by atoms with Crippen molar-refractivity contribution in [2.75, 3.05) is 24.9 Å². The zero-order valence-corrected chi connectivity index (χ0v) is 13.6. The number of nitrogens with one attached hydrogen (secondary N) is 2. The summed E-state index contributed by atoms with van der Waals surface area (Å²) in [5.41, 5.74) is 0.708. The van der Waals surface area contributed by atoms with Crippen LogP contribution in [0.1, 0.15) is 13.8 Å². The minimum absolute atomic E-state index is 0.102. The van der Waals surface area contributed by atoms with E-state index < -0.39 is 0 Å². The van der Waals surface area contributed by atoms with Gasteiger partial charge in [0.2, 0.25) is 5.91 Å². The minimum Gasteiger partial charge on any atom is -0.497 e. The Balaban J connectivity index is 2.13. The van der Waals surface area contributed by atoms with Crippen LogP contribution in [-0.4, -0.2) is 30.3 Å². The van der Waals surface area contributed by atoms with Gasteiger partial charge in [-0.15, -0.1) is 10.2 Å². The number of carbonyl (C=O) groups excluding carboxylic acids is 1. The van der Waals surface area contributed by atoms with Crippen molar-refractivity contribution in [3.8, 4) is 11.5 Å². The molecular formula is C16H20N4O3. The predicted molar refractivity (Wildman–Crippen MR) is 88.3 cm³/mol. The second-order valence-electron chi connectivity index (χ2n) is 5.14. The van der Waals surface area contributed by atoms with Gasteiger partial charge in [-0.1, -0.05) is 13.8 Å². The fourth-order valence-corrected chi connectivity index (χ4v) is 1.79. The molecule has 7 nitrogen and oxygen atoms in total. The summed E-state index contributed by atoms with van der Waals surface area (Å²) < 4.78 is 10.5. The smallest absolute Gasteiger partial charge is 0.228 e. The van der Waals surface area contributed by atoms with Crippen LogP contribution in [0.2, 0.25) is 0 Å². The van der Waals surface area contributed by atoms with Gasteiger partial charge >= 0.3 is 0 Å². The molecule has 1 heterocycles. The van der Waals surface area contributed by atoms with Crippen LogP contribution in [0.4, 0.5) is 17.3 Å². The number of hydrogen-bond acceptors (Lipinski definition) is 6. The third-order valence-electron chi connectivity index (χ3n) is 3.11. The van der Waals surface area contributed by atoms with E-state index in [1.807, 2.05) is 13.8 Å². The van der Waals surface area contributed by atoms with Crippen LogP contribution in [-0.2, 0) is 4.79 Å². The summed E-state index contributed by atoms with van der Waals surface area (Å²) in [5.74, 6) is 2.07. The van der Waals surface area contributed by atoms with Crippen molar-refractivity contribution >= 4 is 23.2 Å². The number of aromatic nitrogens is 2. The lowest BCUT2D eigenvalue weighted by atomic mass is 10.2. The maximum atomic E-state index is 11.6. The summed E-state index contributed by atoms with van der Waals surface area (Å²) in [7, 11) is 3.18. The van der Waals surface area contributed by atoms with Crippen molar-refractivity contribution < 1.29 is 14.3 Å². The molecule has 2 aromatic rings. The van der Waals surface area contributed by atoms with Gasteiger partial charge < -0.3 is 20.1 Å². The molecule has 0 atom stereocenters. The highest BCUT2D eigenvalue weighted by atomic mass is 16.5. The lowest BCUT2D eigenvalue weighted by molar-refractivity contribution is -0.118. The van der Waals surface area contributed by atoms with Gasteiger partial charge in [0.05, 0.1) is 19.9 Å². The molecule has 7 heteroatoms. The molecule has 1 aromatic heterocycles. The second kappa shape index (κ2) is 7.44. The van der Waals surface area contributed by atoms with Crippen molar-refractivity contribution in [3.63, 3.8) is 0 Å². The Kier molecular flexibility index (Phi) is 5.35. The third-order valence-corrected chi connectivity index (χ3v) is 3.11. The van der Waals surface area contributed by atoms with Gasteiger partial charge in [-0.2, -0.15) is 0 Å². The van der Waals surface area contributed by atoms with Crippen molar-refractivity contribution in [3.05, 3.63) is 30.3 Å². The molecule has 0 aliphatic rings. The Hall–Kier alpha value is -2.83. The molecule has 0 saturated carbocycles. The van der Waals surface area contributed by atoms with Crippen LogP contribution < -0.4 is 20.1 Å². The molecule has 0 aliphatic heterocycles. The first-order chi connectivity index (χ1) is 11.0. The summed E-state index contributed by atoms with van der Waals surface area (Å²) >= 11 is 0. The highest BCUT2D eigenvalue weighted by Crippen LogP contribution is 2.30. The number of ether oxygens (including phenoxy) is 2. The molecular weight excluding hydrogens is 296 g/mol. The number of rotatable bonds is 6. The van der Waals surface area contributed by atoms with Crippen LogP contribution in [0, 0.1) is 5.92 Å². The Morgan fingerprint density at radius 1 is 1.04 bits per heavy atom. The van der Waals surface area contributed by atoms with Crippen LogP contribution in [0.3, 0.4) is 0 Å². The molecule has 1 amide bonds.